The Kier molecular flexibility index (Phi) is 5.14. The molecule has 1 fully saturated rings. The molecule has 1 aliphatic heterocycles. The number of pyridine rings is 1. The van der Waals surface area contributed by atoms with Crippen LogP contribution < -0.4 is 4.90 Å². The van der Waals surface area contributed by atoms with Crippen molar-refractivity contribution in [3.05, 3.63) is 24.2 Å². The highest BCUT2D eigenvalue weighted by Crippen LogP contribution is 2.31. The molecular weight excluding hydrogens is 304 g/mol. The van der Waals surface area contributed by atoms with E-state index in [9.17, 15) is 5.11 Å². The highest BCUT2D eigenvalue weighted by atomic mass is 16.5. The predicted molar refractivity (Wildman–Crippen MR) is 92.9 cm³/mol. The van der Waals surface area contributed by atoms with Gasteiger partial charge in [0.05, 0.1) is 12.0 Å². The number of piperidine rings is 1. The Balaban J connectivity index is 1.80. The van der Waals surface area contributed by atoms with Crippen LogP contribution in [0, 0.1) is 0 Å². The molecule has 0 amide bonds. The third kappa shape index (κ3) is 3.15. The number of hydrogen-bond acceptors (Lipinski definition) is 6. The molecule has 6 nitrogen and oxygen atoms in total. The van der Waals surface area contributed by atoms with Crippen LogP contribution in [0.1, 0.15) is 51.8 Å². The van der Waals surface area contributed by atoms with Crippen molar-refractivity contribution in [2.24, 2.45) is 0 Å². The summed E-state index contributed by atoms with van der Waals surface area (Å²) in [6.07, 6.45) is 7.09. The van der Waals surface area contributed by atoms with E-state index in [1.807, 2.05) is 26.0 Å². The van der Waals surface area contributed by atoms with Crippen molar-refractivity contribution in [1.82, 2.24) is 15.1 Å². The Bertz CT molecular complexity index is 635. The summed E-state index contributed by atoms with van der Waals surface area (Å²) in [6, 6.07) is 4.01. The number of anilines is 1. The lowest BCUT2D eigenvalue weighted by Gasteiger charge is -2.27. The van der Waals surface area contributed by atoms with Gasteiger partial charge in [0.1, 0.15) is 5.82 Å². The zero-order valence-corrected chi connectivity index (χ0v) is 14.5. The molecule has 1 aliphatic rings. The van der Waals surface area contributed by atoms with Gasteiger partial charge in [-0.25, -0.2) is 4.98 Å². The van der Waals surface area contributed by atoms with Crippen LogP contribution in [0.2, 0.25) is 0 Å². The van der Waals surface area contributed by atoms with E-state index < -0.39 is 5.41 Å². The normalized spacial score (nSPS) is 15.7. The summed E-state index contributed by atoms with van der Waals surface area (Å²) in [5, 5.41) is 13.8. The second-order valence-corrected chi connectivity index (χ2v) is 6.52. The molecule has 0 atom stereocenters. The molecule has 130 valence electrons. The van der Waals surface area contributed by atoms with Gasteiger partial charge in [0.25, 0.3) is 0 Å². The molecule has 1 saturated heterocycles. The van der Waals surface area contributed by atoms with Crippen LogP contribution in [0.25, 0.3) is 11.4 Å². The van der Waals surface area contributed by atoms with Crippen molar-refractivity contribution in [1.29, 1.82) is 0 Å². The van der Waals surface area contributed by atoms with Crippen LogP contribution >= 0.6 is 0 Å². The van der Waals surface area contributed by atoms with Gasteiger partial charge in [-0.05, 0) is 44.2 Å². The Labute approximate surface area is 142 Å². The zero-order chi connectivity index (χ0) is 17.0. The maximum atomic E-state index is 9.74. The number of aliphatic hydroxyl groups is 1. The fraction of sp³-hybridized carbons (Fsp3) is 0.611. The second-order valence-electron chi connectivity index (χ2n) is 6.52. The topological polar surface area (TPSA) is 75.3 Å². The molecular formula is C18H26N4O2. The summed E-state index contributed by atoms with van der Waals surface area (Å²) in [7, 11) is 0. The molecule has 2 aromatic rings. The number of hydrogen-bond donors (Lipinski definition) is 1. The predicted octanol–water partition coefficient (Wildman–Crippen LogP) is 3.17. The van der Waals surface area contributed by atoms with E-state index in [1.165, 1.54) is 19.3 Å². The second kappa shape index (κ2) is 7.30. The SMILES string of the molecule is CCC(CC)(CO)c1nc(-c2ccc(N3CCCCC3)nc2)no1. The minimum Gasteiger partial charge on any atom is -0.395 e. The molecule has 0 unspecified atom stereocenters. The molecule has 24 heavy (non-hydrogen) atoms. The Morgan fingerprint density at radius 2 is 1.92 bits per heavy atom. The highest BCUT2D eigenvalue weighted by molar-refractivity contribution is 5.56. The summed E-state index contributed by atoms with van der Waals surface area (Å²) in [6.45, 7) is 6.21. The third-order valence-corrected chi connectivity index (χ3v) is 5.22. The monoisotopic (exact) mass is 330 g/mol. The van der Waals surface area contributed by atoms with E-state index in [1.54, 1.807) is 6.20 Å². The lowest BCUT2D eigenvalue weighted by Crippen LogP contribution is -2.30. The minimum absolute atomic E-state index is 0.00772. The van der Waals surface area contributed by atoms with Crippen molar-refractivity contribution in [3.63, 3.8) is 0 Å². The molecule has 3 heterocycles. The summed E-state index contributed by atoms with van der Waals surface area (Å²) < 4.78 is 5.44. The third-order valence-electron chi connectivity index (χ3n) is 5.22. The van der Waals surface area contributed by atoms with Gasteiger partial charge in [-0.2, -0.15) is 4.98 Å². The first-order valence-corrected chi connectivity index (χ1v) is 8.89. The van der Waals surface area contributed by atoms with E-state index in [2.05, 4.69) is 20.0 Å². The van der Waals surface area contributed by atoms with E-state index >= 15 is 0 Å². The average Bonchev–Trinajstić information content (AvgIpc) is 3.15. The molecule has 6 heteroatoms. The lowest BCUT2D eigenvalue weighted by molar-refractivity contribution is 0.146. The number of aromatic nitrogens is 3. The molecule has 0 saturated carbocycles. The molecule has 3 rings (SSSR count). The zero-order valence-electron chi connectivity index (χ0n) is 14.5. The minimum atomic E-state index is -0.452. The quantitative estimate of drug-likeness (QED) is 0.877. The number of aliphatic hydroxyl groups excluding tert-OH is 1. The van der Waals surface area contributed by atoms with Crippen molar-refractivity contribution in [2.45, 2.75) is 51.4 Å². The van der Waals surface area contributed by atoms with Crippen LogP contribution in [0.5, 0.6) is 0 Å². The largest absolute Gasteiger partial charge is 0.395 e. The van der Waals surface area contributed by atoms with E-state index in [-0.39, 0.29) is 6.61 Å². The first-order chi connectivity index (χ1) is 11.7. The van der Waals surface area contributed by atoms with Crippen LogP contribution in [-0.4, -0.2) is 39.9 Å². The summed E-state index contributed by atoms with van der Waals surface area (Å²) in [5.74, 6) is 2.04. The highest BCUT2D eigenvalue weighted by Gasteiger charge is 2.34. The molecule has 0 aromatic carbocycles. The van der Waals surface area contributed by atoms with Crippen molar-refractivity contribution in [3.8, 4) is 11.4 Å². The van der Waals surface area contributed by atoms with Gasteiger partial charge in [-0.1, -0.05) is 19.0 Å². The summed E-state index contributed by atoms with van der Waals surface area (Å²) in [4.78, 5) is 11.4. The van der Waals surface area contributed by atoms with Gasteiger partial charge in [-0.15, -0.1) is 0 Å². The van der Waals surface area contributed by atoms with Crippen molar-refractivity contribution < 1.29 is 9.63 Å². The first-order valence-electron chi connectivity index (χ1n) is 8.89. The maximum Gasteiger partial charge on any atom is 0.235 e. The van der Waals surface area contributed by atoms with Gasteiger partial charge in [0.15, 0.2) is 0 Å². The summed E-state index contributed by atoms with van der Waals surface area (Å²) in [5.41, 5.74) is 0.386. The molecule has 0 aliphatic carbocycles. The van der Waals surface area contributed by atoms with E-state index in [0.29, 0.717) is 11.7 Å². The molecule has 0 bridgehead atoms. The fourth-order valence-corrected chi connectivity index (χ4v) is 3.23. The van der Waals surface area contributed by atoms with Gasteiger partial charge < -0.3 is 14.5 Å². The number of nitrogens with zero attached hydrogens (tertiary/aromatic N) is 4. The van der Waals surface area contributed by atoms with Crippen LogP contribution in [-0.2, 0) is 5.41 Å². The first kappa shape index (κ1) is 16.9. The fourth-order valence-electron chi connectivity index (χ4n) is 3.23. The molecule has 2 aromatic heterocycles. The van der Waals surface area contributed by atoms with E-state index in [4.69, 9.17) is 4.52 Å². The maximum absolute atomic E-state index is 9.74. The standard InChI is InChI=1S/C18H26N4O2/c1-3-18(4-2,13-23)17-20-16(21-24-17)14-8-9-15(19-12-14)22-10-6-5-7-11-22/h8-9,12,23H,3-7,10-11,13H2,1-2H3. The Morgan fingerprint density at radius 1 is 1.17 bits per heavy atom. The molecule has 0 radical (unpaired) electrons. The Hall–Kier alpha value is -1.95. The van der Waals surface area contributed by atoms with Gasteiger partial charge in [-0.3, -0.25) is 0 Å². The van der Waals surface area contributed by atoms with Crippen LogP contribution in [0.3, 0.4) is 0 Å². The number of rotatable bonds is 6. The average molecular weight is 330 g/mol. The van der Waals surface area contributed by atoms with Crippen molar-refractivity contribution in [2.75, 3.05) is 24.6 Å². The van der Waals surface area contributed by atoms with Crippen LogP contribution in [0.4, 0.5) is 5.82 Å². The molecule has 0 spiro atoms. The van der Waals surface area contributed by atoms with Crippen molar-refractivity contribution >= 4 is 5.82 Å². The van der Waals surface area contributed by atoms with Gasteiger partial charge >= 0.3 is 0 Å². The smallest absolute Gasteiger partial charge is 0.235 e. The summed E-state index contributed by atoms with van der Waals surface area (Å²) >= 11 is 0. The molecule has 1 N–H and O–H groups in total. The van der Waals surface area contributed by atoms with E-state index in [0.717, 1.165) is 37.3 Å². The van der Waals surface area contributed by atoms with Crippen LogP contribution in [0.15, 0.2) is 22.9 Å². The van der Waals surface area contributed by atoms with Gasteiger partial charge in [0.2, 0.25) is 11.7 Å². The Morgan fingerprint density at radius 3 is 2.50 bits per heavy atom. The van der Waals surface area contributed by atoms with Gasteiger partial charge in [0, 0.05) is 24.8 Å². The lowest BCUT2D eigenvalue weighted by atomic mass is 9.83.